The van der Waals surface area contributed by atoms with E-state index in [0.717, 1.165) is 48.9 Å². The van der Waals surface area contributed by atoms with E-state index >= 15 is 0 Å². The topological polar surface area (TPSA) is 64.0 Å². The molecule has 0 unspecified atom stereocenters. The SMILES string of the molecule is Cc1cc(=O)c(C(=O)NC2CCCCC2)nn1-c1ccccc1C(F)(F)F. The van der Waals surface area contributed by atoms with E-state index in [0.29, 0.717) is 0 Å². The molecular weight excluding hydrogens is 359 g/mol. The summed E-state index contributed by atoms with van der Waals surface area (Å²) in [5, 5.41) is 6.76. The smallest absolute Gasteiger partial charge is 0.348 e. The molecule has 1 heterocycles. The number of carbonyl (C=O) groups is 1. The quantitative estimate of drug-likeness (QED) is 0.886. The lowest BCUT2D eigenvalue weighted by Crippen LogP contribution is -2.39. The van der Waals surface area contributed by atoms with Crippen molar-refractivity contribution in [1.82, 2.24) is 15.1 Å². The van der Waals surface area contributed by atoms with Crippen molar-refractivity contribution in [3.05, 3.63) is 57.5 Å². The number of hydrogen-bond donors (Lipinski definition) is 1. The molecule has 0 bridgehead atoms. The van der Waals surface area contributed by atoms with Gasteiger partial charge in [-0.25, -0.2) is 4.68 Å². The molecule has 1 aliphatic carbocycles. The Morgan fingerprint density at radius 2 is 1.85 bits per heavy atom. The van der Waals surface area contributed by atoms with Crippen LogP contribution in [0.15, 0.2) is 35.1 Å². The van der Waals surface area contributed by atoms with E-state index in [1.807, 2.05) is 0 Å². The van der Waals surface area contributed by atoms with Crippen LogP contribution >= 0.6 is 0 Å². The number of aromatic nitrogens is 2. The summed E-state index contributed by atoms with van der Waals surface area (Å²) >= 11 is 0. The predicted molar refractivity (Wildman–Crippen MR) is 93.9 cm³/mol. The molecule has 1 aliphatic rings. The van der Waals surface area contributed by atoms with Gasteiger partial charge in [-0.15, -0.1) is 0 Å². The number of carbonyl (C=O) groups excluding carboxylic acids is 1. The summed E-state index contributed by atoms with van der Waals surface area (Å²) in [6.07, 6.45) is 0.158. The molecule has 8 heteroatoms. The molecule has 3 rings (SSSR count). The molecule has 0 spiro atoms. The van der Waals surface area contributed by atoms with Gasteiger partial charge in [-0.2, -0.15) is 18.3 Å². The van der Waals surface area contributed by atoms with E-state index in [9.17, 15) is 22.8 Å². The maximum Gasteiger partial charge on any atom is 0.418 e. The lowest BCUT2D eigenvalue weighted by molar-refractivity contribution is -0.137. The average Bonchev–Trinajstić information content (AvgIpc) is 2.62. The Bertz CT molecular complexity index is 900. The van der Waals surface area contributed by atoms with Gasteiger partial charge in [-0.05, 0) is 31.9 Å². The molecule has 1 aromatic carbocycles. The average molecular weight is 379 g/mol. The van der Waals surface area contributed by atoms with Crippen molar-refractivity contribution in [2.45, 2.75) is 51.2 Å². The zero-order chi connectivity index (χ0) is 19.6. The highest BCUT2D eigenvalue weighted by molar-refractivity contribution is 5.92. The van der Waals surface area contributed by atoms with Gasteiger partial charge in [0.05, 0.1) is 11.3 Å². The second kappa shape index (κ2) is 7.54. The van der Waals surface area contributed by atoms with E-state index in [1.165, 1.54) is 25.1 Å². The van der Waals surface area contributed by atoms with Crippen LogP contribution in [0.3, 0.4) is 0 Å². The van der Waals surface area contributed by atoms with Crippen LogP contribution in [0.1, 0.15) is 53.8 Å². The number of halogens is 3. The molecule has 144 valence electrons. The summed E-state index contributed by atoms with van der Waals surface area (Å²) in [6, 6.07) is 6.03. The van der Waals surface area contributed by atoms with Crippen molar-refractivity contribution in [2.75, 3.05) is 0 Å². The monoisotopic (exact) mass is 379 g/mol. The van der Waals surface area contributed by atoms with Gasteiger partial charge < -0.3 is 5.32 Å². The van der Waals surface area contributed by atoms with Crippen LogP contribution in [0.25, 0.3) is 5.69 Å². The highest BCUT2D eigenvalue weighted by atomic mass is 19.4. The molecule has 1 amide bonds. The minimum atomic E-state index is -4.58. The number of hydrogen-bond acceptors (Lipinski definition) is 3. The zero-order valence-corrected chi connectivity index (χ0v) is 14.8. The van der Waals surface area contributed by atoms with Gasteiger partial charge in [-0.1, -0.05) is 31.4 Å². The molecule has 0 atom stereocenters. The van der Waals surface area contributed by atoms with Crippen LogP contribution in [0.2, 0.25) is 0 Å². The summed E-state index contributed by atoms with van der Waals surface area (Å²) in [5.41, 5.74) is -1.91. The molecule has 0 radical (unpaired) electrons. The third kappa shape index (κ3) is 4.20. The summed E-state index contributed by atoms with van der Waals surface area (Å²) in [4.78, 5) is 24.7. The van der Waals surface area contributed by atoms with E-state index in [-0.39, 0.29) is 17.4 Å². The standard InChI is InChI=1S/C19H20F3N3O2/c1-12-11-16(26)17(18(27)23-13-7-3-2-4-8-13)24-25(12)15-10-6-5-9-14(15)19(20,21)22/h5-6,9-11,13H,2-4,7-8H2,1H3,(H,23,27). The lowest BCUT2D eigenvalue weighted by Gasteiger charge is -2.22. The van der Waals surface area contributed by atoms with Crippen LogP contribution in [-0.4, -0.2) is 21.7 Å². The number of benzene rings is 1. The number of alkyl halides is 3. The Balaban J connectivity index is 2.00. The second-order valence-electron chi connectivity index (χ2n) is 6.73. The predicted octanol–water partition coefficient (Wildman–Crippen LogP) is 3.62. The summed E-state index contributed by atoms with van der Waals surface area (Å²) in [6.45, 7) is 1.48. The lowest BCUT2D eigenvalue weighted by atomic mass is 9.95. The van der Waals surface area contributed by atoms with Crippen molar-refractivity contribution in [2.24, 2.45) is 0 Å². The molecule has 1 N–H and O–H groups in total. The van der Waals surface area contributed by atoms with Crippen molar-refractivity contribution in [1.29, 1.82) is 0 Å². The van der Waals surface area contributed by atoms with Gasteiger partial charge >= 0.3 is 6.18 Å². The van der Waals surface area contributed by atoms with Gasteiger partial charge in [0.25, 0.3) is 5.91 Å². The first kappa shape index (κ1) is 19.1. The van der Waals surface area contributed by atoms with E-state index < -0.39 is 28.8 Å². The summed E-state index contributed by atoms with van der Waals surface area (Å²) < 4.78 is 41.0. The molecule has 5 nitrogen and oxygen atoms in total. The minimum Gasteiger partial charge on any atom is -0.348 e. The fourth-order valence-corrected chi connectivity index (χ4v) is 3.35. The van der Waals surface area contributed by atoms with Crippen molar-refractivity contribution in [3.8, 4) is 5.69 Å². The maximum absolute atomic E-state index is 13.3. The van der Waals surface area contributed by atoms with Gasteiger partial charge in [0.1, 0.15) is 0 Å². The molecule has 0 aliphatic heterocycles. The van der Waals surface area contributed by atoms with Crippen LogP contribution in [-0.2, 0) is 6.18 Å². The first-order valence-electron chi connectivity index (χ1n) is 8.86. The number of amides is 1. The number of para-hydroxylation sites is 1. The van der Waals surface area contributed by atoms with E-state index in [1.54, 1.807) is 0 Å². The van der Waals surface area contributed by atoms with Crippen molar-refractivity contribution >= 4 is 5.91 Å². The largest absolute Gasteiger partial charge is 0.418 e. The number of nitrogens with one attached hydrogen (secondary N) is 1. The van der Waals surface area contributed by atoms with Crippen LogP contribution in [0, 0.1) is 6.92 Å². The Kier molecular flexibility index (Phi) is 5.34. The number of nitrogens with zero attached hydrogens (tertiary/aromatic N) is 2. The molecule has 0 saturated heterocycles. The first-order chi connectivity index (χ1) is 12.8. The van der Waals surface area contributed by atoms with Gasteiger partial charge in [0.2, 0.25) is 5.43 Å². The van der Waals surface area contributed by atoms with Gasteiger partial charge in [0, 0.05) is 17.8 Å². The fourth-order valence-electron chi connectivity index (χ4n) is 3.35. The van der Waals surface area contributed by atoms with Crippen LogP contribution in [0.4, 0.5) is 13.2 Å². The van der Waals surface area contributed by atoms with Gasteiger partial charge in [-0.3, -0.25) is 9.59 Å². The molecule has 1 fully saturated rings. The highest BCUT2D eigenvalue weighted by Gasteiger charge is 2.34. The first-order valence-corrected chi connectivity index (χ1v) is 8.86. The Hall–Kier alpha value is -2.64. The maximum atomic E-state index is 13.3. The number of rotatable bonds is 3. The Morgan fingerprint density at radius 3 is 2.52 bits per heavy atom. The molecule has 2 aromatic rings. The molecule has 27 heavy (non-hydrogen) atoms. The normalized spacial score (nSPS) is 15.6. The van der Waals surface area contributed by atoms with Crippen LogP contribution in [0.5, 0.6) is 0 Å². The summed E-state index contributed by atoms with van der Waals surface area (Å²) in [7, 11) is 0. The minimum absolute atomic E-state index is 0.0373. The van der Waals surface area contributed by atoms with Crippen molar-refractivity contribution in [3.63, 3.8) is 0 Å². The zero-order valence-electron chi connectivity index (χ0n) is 14.8. The van der Waals surface area contributed by atoms with E-state index in [2.05, 4.69) is 10.4 Å². The summed E-state index contributed by atoms with van der Waals surface area (Å²) in [5.74, 6) is -0.648. The van der Waals surface area contributed by atoms with Crippen LogP contribution < -0.4 is 10.7 Å². The highest BCUT2D eigenvalue weighted by Crippen LogP contribution is 2.33. The molecular formula is C19H20F3N3O2. The van der Waals surface area contributed by atoms with Gasteiger partial charge in [0.15, 0.2) is 5.69 Å². The molecule has 1 saturated carbocycles. The fraction of sp³-hybridized carbons (Fsp3) is 0.421. The molecule has 1 aromatic heterocycles. The second-order valence-corrected chi connectivity index (χ2v) is 6.73. The Morgan fingerprint density at radius 1 is 1.19 bits per heavy atom. The van der Waals surface area contributed by atoms with Crippen molar-refractivity contribution < 1.29 is 18.0 Å². The third-order valence-electron chi connectivity index (χ3n) is 4.70. The third-order valence-corrected chi connectivity index (χ3v) is 4.70. The van der Waals surface area contributed by atoms with E-state index in [4.69, 9.17) is 0 Å². The Labute approximate surface area is 154 Å². The number of aryl methyl sites for hydroxylation is 1.